The highest BCUT2D eigenvalue weighted by Crippen LogP contribution is 2.44. The van der Waals surface area contributed by atoms with Gasteiger partial charge < -0.3 is 4.42 Å². The Morgan fingerprint density at radius 1 is 0.500 bits per heavy atom. The van der Waals surface area contributed by atoms with Gasteiger partial charge in [0, 0.05) is 22.3 Å². The molecule has 8 aromatic carbocycles. The minimum Gasteiger partial charge on any atom is -0.456 e. The molecule has 2 nitrogen and oxygen atoms in total. The van der Waals surface area contributed by atoms with E-state index in [1.54, 1.807) is 0 Å². The molecule has 54 heavy (non-hydrogen) atoms. The molecule has 2 heterocycles. The second-order valence-electron chi connectivity index (χ2n) is 14.8. The first kappa shape index (κ1) is 32.2. The van der Waals surface area contributed by atoms with Gasteiger partial charge in [0.25, 0.3) is 0 Å². The number of hydrogen-bond acceptors (Lipinski definition) is 2. The fourth-order valence-corrected chi connectivity index (χ4v) is 8.63. The maximum absolute atomic E-state index is 6.81. The average Bonchev–Trinajstić information content (AvgIpc) is 3.52. The van der Waals surface area contributed by atoms with Crippen molar-refractivity contribution in [2.24, 2.45) is 10.9 Å². The molecular weight excluding hydrogens is 655 g/mol. The molecular formula is C52H39NO. The lowest BCUT2D eigenvalue weighted by atomic mass is 9.79. The van der Waals surface area contributed by atoms with Crippen molar-refractivity contribution >= 4 is 54.9 Å². The predicted octanol–water partition coefficient (Wildman–Crippen LogP) is 14.3. The summed E-state index contributed by atoms with van der Waals surface area (Å²) >= 11 is 0. The first-order valence-electron chi connectivity index (χ1n) is 19.0. The molecule has 0 saturated carbocycles. The second kappa shape index (κ2) is 13.2. The van der Waals surface area contributed by atoms with Gasteiger partial charge in [-0.1, -0.05) is 153 Å². The molecule has 0 aliphatic carbocycles. The molecule has 258 valence electrons. The maximum atomic E-state index is 6.81. The average molecular weight is 694 g/mol. The molecule has 1 aliphatic heterocycles. The number of furan rings is 1. The van der Waals surface area contributed by atoms with Gasteiger partial charge in [0.1, 0.15) is 11.2 Å². The Bertz CT molecular complexity index is 2910. The number of nitrogens with zero attached hydrogens (tertiary/aromatic N) is 1. The molecule has 2 atom stereocenters. The van der Waals surface area contributed by atoms with Crippen LogP contribution in [0.5, 0.6) is 0 Å². The van der Waals surface area contributed by atoms with Crippen molar-refractivity contribution in [3.8, 4) is 22.3 Å². The van der Waals surface area contributed by atoms with Crippen LogP contribution in [0.1, 0.15) is 42.9 Å². The Kier molecular flexibility index (Phi) is 7.84. The summed E-state index contributed by atoms with van der Waals surface area (Å²) in [7, 11) is 0. The highest BCUT2D eigenvalue weighted by molar-refractivity contribution is 6.16. The summed E-state index contributed by atoms with van der Waals surface area (Å²) in [5, 5.41) is 7.13. The van der Waals surface area contributed by atoms with Gasteiger partial charge in [0.05, 0.1) is 11.4 Å². The number of benzene rings is 8. The standard InChI is InChI=1S/C52H39NO/c1-33-27-45(37-14-5-3-6-15-37)34(2)52(39-16-7-4-8-17-39)53-51(33)44-30-46(50-47-29-41-19-11-12-20-42(41)31-48(47)54-49(50)32-44)38-24-21-36(22-25-38)43-26-23-35-13-9-10-18-40(35)28-43/h3-26,28-32,34,45H,27H2,1-2H3/t34-,45-/m0/s1. The van der Waals surface area contributed by atoms with Crippen molar-refractivity contribution in [3.05, 3.63) is 198 Å². The van der Waals surface area contributed by atoms with E-state index in [1.807, 2.05) is 0 Å². The molecule has 10 rings (SSSR count). The normalized spacial score (nSPS) is 16.3. The highest BCUT2D eigenvalue weighted by Gasteiger charge is 2.30. The molecule has 0 radical (unpaired) electrons. The van der Waals surface area contributed by atoms with Crippen LogP contribution in [-0.2, 0) is 0 Å². The van der Waals surface area contributed by atoms with Gasteiger partial charge in [-0.15, -0.1) is 0 Å². The van der Waals surface area contributed by atoms with Crippen molar-refractivity contribution in [1.29, 1.82) is 0 Å². The van der Waals surface area contributed by atoms with Gasteiger partial charge in [-0.25, -0.2) is 0 Å². The molecule has 9 aromatic rings. The van der Waals surface area contributed by atoms with Crippen LogP contribution in [-0.4, -0.2) is 5.71 Å². The van der Waals surface area contributed by atoms with Gasteiger partial charge in [-0.2, -0.15) is 0 Å². The third-order valence-electron chi connectivity index (χ3n) is 11.5. The van der Waals surface area contributed by atoms with Crippen LogP contribution in [0.15, 0.2) is 191 Å². The number of allylic oxidation sites excluding steroid dienone is 1. The summed E-state index contributed by atoms with van der Waals surface area (Å²) in [5.41, 5.74) is 13.5. The summed E-state index contributed by atoms with van der Waals surface area (Å²) in [6.45, 7) is 4.61. The van der Waals surface area contributed by atoms with Crippen LogP contribution in [0.2, 0.25) is 0 Å². The summed E-state index contributed by atoms with van der Waals surface area (Å²) < 4.78 is 6.81. The van der Waals surface area contributed by atoms with Crippen LogP contribution < -0.4 is 0 Å². The van der Waals surface area contributed by atoms with E-state index in [9.17, 15) is 0 Å². The van der Waals surface area contributed by atoms with Gasteiger partial charge in [0.2, 0.25) is 0 Å². The SMILES string of the molecule is CC1=C(c2cc(-c3ccc(-c4ccc5ccccc5c4)cc3)c3c(c2)oc2cc4ccccc4cc23)N=C(c2ccccc2)[C@@H](C)[C@@H](c2ccccc2)C1. The van der Waals surface area contributed by atoms with Crippen molar-refractivity contribution in [2.45, 2.75) is 26.2 Å². The lowest BCUT2D eigenvalue weighted by Gasteiger charge is -2.24. The van der Waals surface area contributed by atoms with E-state index < -0.39 is 0 Å². The van der Waals surface area contributed by atoms with Crippen molar-refractivity contribution in [1.82, 2.24) is 0 Å². The molecule has 0 unspecified atom stereocenters. The topological polar surface area (TPSA) is 25.5 Å². The molecule has 0 bridgehead atoms. The van der Waals surface area contributed by atoms with Crippen molar-refractivity contribution in [2.75, 3.05) is 0 Å². The van der Waals surface area contributed by atoms with E-state index in [2.05, 4.69) is 190 Å². The number of hydrogen-bond donors (Lipinski definition) is 0. The first-order chi connectivity index (χ1) is 26.6. The molecule has 0 saturated heterocycles. The summed E-state index contributed by atoms with van der Waals surface area (Å²) in [5.74, 6) is 0.513. The van der Waals surface area contributed by atoms with E-state index in [4.69, 9.17) is 9.41 Å². The van der Waals surface area contributed by atoms with E-state index >= 15 is 0 Å². The molecule has 0 fully saturated rings. The highest BCUT2D eigenvalue weighted by atomic mass is 16.3. The van der Waals surface area contributed by atoms with E-state index in [-0.39, 0.29) is 5.92 Å². The Labute approximate surface area is 315 Å². The lowest BCUT2D eigenvalue weighted by molar-refractivity contribution is 0.574. The van der Waals surface area contributed by atoms with Crippen molar-refractivity contribution in [3.63, 3.8) is 0 Å². The first-order valence-corrected chi connectivity index (χ1v) is 19.0. The fraction of sp³-hybridized carbons (Fsp3) is 0.0962. The van der Waals surface area contributed by atoms with E-state index in [0.29, 0.717) is 5.92 Å². The predicted molar refractivity (Wildman–Crippen MR) is 228 cm³/mol. The Balaban J connectivity index is 1.18. The lowest BCUT2D eigenvalue weighted by Crippen LogP contribution is -2.20. The minimum atomic E-state index is 0.215. The summed E-state index contributed by atoms with van der Waals surface area (Å²) in [6.07, 6.45) is 0.916. The Morgan fingerprint density at radius 3 is 1.85 bits per heavy atom. The second-order valence-corrected chi connectivity index (χ2v) is 14.8. The Hall–Kier alpha value is -6.51. The third-order valence-corrected chi connectivity index (χ3v) is 11.5. The quantitative estimate of drug-likeness (QED) is 0.176. The zero-order chi connectivity index (χ0) is 36.2. The van der Waals surface area contributed by atoms with Crippen LogP contribution in [0.25, 0.3) is 71.4 Å². The zero-order valence-electron chi connectivity index (χ0n) is 30.5. The Morgan fingerprint density at radius 2 is 1.11 bits per heavy atom. The fourth-order valence-electron chi connectivity index (χ4n) is 8.63. The van der Waals surface area contributed by atoms with Gasteiger partial charge in [-0.05, 0) is 110 Å². The molecule has 0 amide bonds. The van der Waals surface area contributed by atoms with Gasteiger partial charge >= 0.3 is 0 Å². The third kappa shape index (κ3) is 5.63. The van der Waals surface area contributed by atoms with Crippen LogP contribution >= 0.6 is 0 Å². The van der Waals surface area contributed by atoms with E-state index in [0.717, 1.165) is 56.5 Å². The largest absolute Gasteiger partial charge is 0.456 e. The van der Waals surface area contributed by atoms with Gasteiger partial charge in [-0.3, -0.25) is 4.99 Å². The van der Waals surface area contributed by atoms with Crippen LogP contribution in [0.3, 0.4) is 0 Å². The monoisotopic (exact) mass is 693 g/mol. The number of fused-ring (bicyclic) bond motifs is 5. The molecule has 0 spiro atoms. The molecule has 0 N–H and O–H groups in total. The van der Waals surface area contributed by atoms with Gasteiger partial charge in [0.15, 0.2) is 0 Å². The zero-order valence-corrected chi connectivity index (χ0v) is 30.5. The number of aliphatic imine (C=N–C) groups is 1. The molecule has 1 aromatic heterocycles. The van der Waals surface area contributed by atoms with Crippen molar-refractivity contribution < 1.29 is 4.42 Å². The van der Waals surface area contributed by atoms with Crippen LogP contribution in [0, 0.1) is 5.92 Å². The summed E-state index contributed by atoms with van der Waals surface area (Å²) in [4.78, 5) is 5.63. The smallest absolute Gasteiger partial charge is 0.136 e. The van der Waals surface area contributed by atoms with E-state index in [1.165, 1.54) is 49.4 Å². The summed E-state index contributed by atoms with van der Waals surface area (Å²) in [6, 6.07) is 63.6. The van der Waals surface area contributed by atoms with Crippen LogP contribution in [0.4, 0.5) is 0 Å². The number of rotatable bonds is 5. The molecule has 1 aliphatic rings. The molecule has 2 heteroatoms. The minimum absolute atomic E-state index is 0.215. The maximum Gasteiger partial charge on any atom is 0.136 e.